The van der Waals surface area contributed by atoms with Gasteiger partial charge in [-0.25, -0.2) is 8.42 Å². The molecule has 3 nitrogen and oxygen atoms in total. The Morgan fingerprint density at radius 3 is 2.35 bits per heavy atom. The smallest absolute Gasteiger partial charge is 0.180 e. The number of hydrogen-bond donors (Lipinski definition) is 1. The van der Waals surface area contributed by atoms with Gasteiger partial charge in [0.2, 0.25) is 0 Å². The third kappa shape index (κ3) is 3.73. The summed E-state index contributed by atoms with van der Waals surface area (Å²) in [4.78, 5) is 0.266. The molecule has 1 aromatic rings. The molecule has 0 saturated carbocycles. The summed E-state index contributed by atoms with van der Waals surface area (Å²) in [5, 5.41) is 0. The molecule has 2 N–H and O–H groups in total. The fraction of sp³-hybridized carbons (Fsp3) is 0.538. The molecule has 0 heterocycles. The molecule has 0 fully saturated rings. The molecule has 4 heteroatoms. The Hall–Kier alpha value is -1.03. The number of nitrogen functional groups attached to an aromatic ring is 1. The number of nitrogens with two attached hydrogens (primary N) is 1. The van der Waals surface area contributed by atoms with Crippen LogP contribution >= 0.6 is 0 Å². The molecule has 17 heavy (non-hydrogen) atoms. The minimum absolute atomic E-state index is 0.00561. The maximum atomic E-state index is 12.2. The molecule has 1 rings (SSSR count). The average molecular weight is 255 g/mol. The summed E-state index contributed by atoms with van der Waals surface area (Å²) >= 11 is 0. The third-order valence-corrected chi connectivity index (χ3v) is 4.51. The van der Waals surface area contributed by atoms with Crippen LogP contribution in [0.3, 0.4) is 0 Å². The number of anilines is 1. The molecule has 0 spiro atoms. The Balaban J connectivity index is 3.02. The predicted molar refractivity (Wildman–Crippen MR) is 71.7 cm³/mol. The first-order chi connectivity index (χ1) is 7.63. The Kier molecular flexibility index (Phi) is 3.87. The second kappa shape index (κ2) is 4.69. The first kappa shape index (κ1) is 14.0. The van der Waals surface area contributed by atoms with E-state index in [1.165, 1.54) is 0 Å². The van der Waals surface area contributed by atoms with E-state index in [-0.39, 0.29) is 16.1 Å². The van der Waals surface area contributed by atoms with Crippen LogP contribution in [0.1, 0.15) is 32.8 Å². The van der Waals surface area contributed by atoms with Crippen molar-refractivity contribution in [3.8, 4) is 0 Å². The first-order valence-corrected chi connectivity index (χ1v) is 7.36. The summed E-state index contributed by atoms with van der Waals surface area (Å²) in [6, 6.07) is 5.13. The van der Waals surface area contributed by atoms with E-state index in [2.05, 4.69) is 0 Å². The van der Waals surface area contributed by atoms with Crippen molar-refractivity contribution in [1.29, 1.82) is 0 Å². The maximum absolute atomic E-state index is 12.2. The van der Waals surface area contributed by atoms with Gasteiger partial charge in [0.15, 0.2) is 9.84 Å². The Morgan fingerprint density at radius 2 is 1.82 bits per heavy atom. The second-order valence-electron chi connectivity index (χ2n) is 5.62. The van der Waals surface area contributed by atoms with E-state index in [1.54, 1.807) is 12.1 Å². The number of para-hydroxylation sites is 1. The summed E-state index contributed by atoms with van der Waals surface area (Å²) in [5.74, 6) is 0.143. The van der Waals surface area contributed by atoms with Crippen molar-refractivity contribution >= 4 is 15.5 Å². The largest absolute Gasteiger partial charge is 0.397 e. The van der Waals surface area contributed by atoms with Crippen LogP contribution in [0.25, 0.3) is 0 Å². The van der Waals surface area contributed by atoms with Gasteiger partial charge >= 0.3 is 0 Å². The lowest BCUT2D eigenvalue weighted by Crippen LogP contribution is -2.16. The highest BCUT2D eigenvalue weighted by Gasteiger charge is 2.21. The SMILES string of the molecule is Cc1cccc(S(=O)(=O)CCC(C)(C)C)c1N. The van der Waals surface area contributed by atoms with Gasteiger partial charge in [0.05, 0.1) is 16.3 Å². The lowest BCUT2D eigenvalue weighted by atomic mass is 9.94. The van der Waals surface area contributed by atoms with Crippen LogP contribution in [0.2, 0.25) is 0 Å². The van der Waals surface area contributed by atoms with Crippen molar-refractivity contribution in [1.82, 2.24) is 0 Å². The second-order valence-corrected chi connectivity index (χ2v) is 7.69. The Bertz CT molecular complexity index is 499. The summed E-state index contributed by atoms with van der Waals surface area (Å²) in [7, 11) is -3.27. The fourth-order valence-electron chi connectivity index (χ4n) is 1.48. The van der Waals surface area contributed by atoms with Crippen LogP contribution in [0.5, 0.6) is 0 Å². The highest BCUT2D eigenvalue weighted by Crippen LogP contribution is 2.26. The lowest BCUT2D eigenvalue weighted by molar-refractivity contribution is 0.397. The zero-order valence-electron chi connectivity index (χ0n) is 10.9. The van der Waals surface area contributed by atoms with E-state index in [0.717, 1.165) is 5.56 Å². The van der Waals surface area contributed by atoms with Crippen molar-refractivity contribution in [3.63, 3.8) is 0 Å². The van der Waals surface area contributed by atoms with Gasteiger partial charge < -0.3 is 5.73 Å². The average Bonchev–Trinajstić information content (AvgIpc) is 2.18. The molecule has 0 aliphatic rings. The molecule has 0 aliphatic carbocycles. The van der Waals surface area contributed by atoms with Crippen LogP contribution in [-0.2, 0) is 9.84 Å². The third-order valence-electron chi connectivity index (χ3n) is 2.74. The molecular formula is C13H21NO2S. The highest BCUT2D eigenvalue weighted by molar-refractivity contribution is 7.91. The number of aryl methyl sites for hydroxylation is 1. The van der Waals surface area contributed by atoms with Crippen LogP contribution in [-0.4, -0.2) is 14.2 Å². The van der Waals surface area contributed by atoms with Crippen molar-refractivity contribution in [2.45, 2.75) is 39.0 Å². The zero-order valence-corrected chi connectivity index (χ0v) is 11.8. The summed E-state index contributed by atoms with van der Waals surface area (Å²) in [6.45, 7) is 7.91. The molecule has 0 unspecified atom stereocenters. The van der Waals surface area contributed by atoms with E-state index in [1.807, 2.05) is 33.8 Å². The van der Waals surface area contributed by atoms with Gasteiger partial charge in [0.25, 0.3) is 0 Å². The number of rotatable bonds is 3. The van der Waals surface area contributed by atoms with Gasteiger partial charge in [0, 0.05) is 0 Å². The molecule has 1 aromatic carbocycles. The van der Waals surface area contributed by atoms with Crippen LogP contribution < -0.4 is 5.73 Å². The van der Waals surface area contributed by atoms with Gasteiger partial charge in [-0.3, -0.25) is 0 Å². The Morgan fingerprint density at radius 1 is 1.24 bits per heavy atom. The summed E-state index contributed by atoms with van der Waals surface area (Å²) in [6.07, 6.45) is 0.628. The van der Waals surface area contributed by atoms with Gasteiger partial charge in [-0.05, 0) is 30.4 Å². The number of hydrogen-bond acceptors (Lipinski definition) is 3. The van der Waals surface area contributed by atoms with E-state index in [4.69, 9.17) is 5.73 Å². The molecular weight excluding hydrogens is 234 g/mol. The lowest BCUT2D eigenvalue weighted by Gasteiger charge is -2.18. The van der Waals surface area contributed by atoms with E-state index in [9.17, 15) is 8.42 Å². The number of sulfone groups is 1. The maximum Gasteiger partial charge on any atom is 0.180 e. The summed E-state index contributed by atoms with van der Waals surface area (Å²) in [5.41, 5.74) is 7.02. The molecule has 0 saturated heterocycles. The van der Waals surface area contributed by atoms with Gasteiger partial charge in [-0.2, -0.15) is 0 Å². The molecule has 0 bridgehead atoms. The van der Waals surface area contributed by atoms with Crippen LogP contribution in [0.15, 0.2) is 23.1 Å². The van der Waals surface area contributed by atoms with Crippen molar-refractivity contribution in [2.24, 2.45) is 5.41 Å². The molecule has 0 aliphatic heterocycles. The minimum Gasteiger partial charge on any atom is -0.397 e. The van der Waals surface area contributed by atoms with Gasteiger partial charge in [-0.1, -0.05) is 32.9 Å². The fourth-order valence-corrected chi connectivity index (χ4v) is 3.36. The molecule has 0 aromatic heterocycles. The van der Waals surface area contributed by atoms with E-state index >= 15 is 0 Å². The minimum atomic E-state index is -3.27. The molecule has 0 atom stereocenters. The molecule has 0 radical (unpaired) electrons. The zero-order chi connectivity index (χ0) is 13.3. The molecule has 0 amide bonds. The van der Waals surface area contributed by atoms with Crippen molar-refractivity contribution in [2.75, 3.05) is 11.5 Å². The van der Waals surface area contributed by atoms with Gasteiger partial charge in [-0.15, -0.1) is 0 Å². The Labute approximate surface area is 104 Å². The van der Waals surface area contributed by atoms with E-state index < -0.39 is 9.84 Å². The number of benzene rings is 1. The molecule has 96 valence electrons. The monoisotopic (exact) mass is 255 g/mol. The van der Waals surface area contributed by atoms with E-state index in [0.29, 0.717) is 12.1 Å². The first-order valence-electron chi connectivity index (χ1n) is 5.71. The van der Waals surface area contributed by atoms with Crippen molar-refractivity contribution in [3.05, 3.63) is 23.8 Å². The topological polar surface area (TPSA) is 60.2 Å². The summed E-state index contributed by atoms with van der Waals surface area (Å²) < 4.78 is 24.3. The quantitative estimate of drug-likeness (QED) is 0.845. The van der Waals surface area contributed by atoms with Crippen LogP contribution in [0, 0.1) is 12.3 Å². The van der Waals surface area contributed by atoms with Crippen molar-refractivity contribution < 1.29 is 8.42 Å². The highest BCUT2D eigenvalue weighted by atomic mass is 32.2. The standard InChI is InChI=1S/C13H21NO2S/c1-10-6-5-7-11(12(10)14)17(15,16)9-8-13(2,3)4/h5-7H,8-9,14H2,1-4H3. The van der Waals surface area contributed by atoms with Crippen LogP contribution in [0.4, 0.5) is 5.69 Å². The predicted octanol–water partition coefficient (Wildman–Crippen LogP) is 2.79. The normalized spacial score (nSPS) is 12.7. The van der Waals surface area contributed by atoms with Gasteiger partial charge in [0.1, 0.15) is 0 Å².